The van der Waals surface area contributed by atoms with Crippen molar-refractivity contribution >= 4 is 11.6 Å². The van der Waals surface area contributed by atoms with Gasteiger partial charge in [0.2, 0.25) is 0 Å². The predicted octanol–water partition coefficient (Wildman–Crippen LogP) is 2.69. The summed E-state index contributed by atoms with van der Waals surface area (Å²) < 4.78 is 12.8. The monoisotopic (exact) mass is 170 g/mol. The fourth-order valence-corrected chi connectivity index (χ4v) is 1.15. The van der Waals surface area contributed by atoms with Gasteiger partial charge in [-0.25, -0.2) is 4.39 Å². The van der Waals surface area contributed by atoms with Gasteiger partial charge in [0.1, 0.15) is 11.2 Å². The number of azo groups is 1. The highest BCUT2D eigenvalue weighted by atomic mass is 35.5. The van der Waals surface area contributed by atoms with E-state index < -0.39 is 5.38 Å². The molecule has 0 saturated heterocycles. The number of nitrogens with zero attached hydrogens (tertiary/aromatic N) is 2. The van der Waals surface area contributed by atoms with Gasteiger partial charge in [0.15, 0.2) is 0 Å². The van der Waals surface area contributed by atoms with Crippen LogP contribution in [0.3, 0.4) is 0 Å². The summed E-state index contributed by atoms with van der Waals surface area (Å²) in [6.07, 6.45) is 4.40. The molecule has 1 atom stereocenters. The Morgan fingerprint density at radius 1 is 1.55 bits per heavy atom. The SMILES string of the molecule is FC1=CC2=CN=NC2=C[C@H]1Cl. The molecule has 0 amide bonds. The maximum atomic E-state index is 12.8. The molecule has 0 N–H and O–H groups in total. The molecule has 2 nitrogen and oxygen atoms in total. The van der Waals surface area contributed by atoms with Gasteiger partial charge in [0.05, 0.1) is 11.9 Å². The number of fused-ring (bicyclic) bond motifs is 1. The Morgan fingerprint density at radius 2 is 2.36 bits per heavy atom. The van der Waals surface area contributed by atoms with E-state index in [0.717, 1.165) is 0 Å². The normalized spacial score (nSPS) is 27.5. The summed E-state index contributed by atoms with van der Waals surface area (Å²) in [7, 11) is 0. The first-order chi connectivity index (χ1) is 5.27. The summed E-state index contributed by atoms with van der Waals surface area (Å²) in [6, 6.07) is 0. The van der Waals surface area contributed by atoms with Gasteiger partial charge in [-0.05, 0) is 12.2 Å². The molecule has 0 bridgehead atoms. The average molecular weight is 171 g/mol. The molecule has 4 heteroatoms. The van der Waals surface area contributed by atoms with E-state index >= 15 is 0 Å². The Kier molecular flexibility index (Phi) is 1.39. The Bertz CT molecular complexity index is 314. The first-order valence-electron chi connectivity index (χ1n) is 3.12. The van der Waals surface area contributed by atoms with Gasteiger partial charge in [0, 0.05) is 5.57 Å². The minimum Gasteiger partial charge on any atom is -0.210 e. The van der Waals surface area contributed by atoms with Crippen molar-refractivity contribution in [2.75, 3.05) is 0 Å². The van der Waals surface area contributed by atoms with Gasteiger partial charge in [-0.3, -0.25) is 0 Å². The lowest BCUT2D eigenvalue weighted by Gasteiger charge is -2.08. The van der Waals surface area contributed by atoms with Crippen molar-refractivity contribution < 1.29 is 4.39 Å². The van der Waals surface area contributed by atoms with E-state index in [0.29, 0.717) is 11.3 Å². The quantitative estimate of drug-likeness (QED) is 0.500. The number of hydrogen-bond acceptors (Lipinski definition) is 2. The topological polar surface area (TPSA) is 24.7 Å². The molecular formula is C7H4ClFN2. The molecule has 0 saturated carbocycles. The summed E-state index contributed by atoms with van der Waals surface area (Å²) in [5.74, 6) is -0.353. The van der Waals surface area contributed by atoms with Crippen molar-refractivity contribution in [2.24, 2.45) is 10.2 Å². The van der Waals surface area contributed by atoms with E-state index in [1.165, 1.54) is 12.3 Å². The Hall–Kier alpha value is -0.960. The molecule has 2 rings (SSSR count). The number of rotatable bonds is 0. The van der Waals surface area contributed by atoms with Crippen molar-refractivity contribution in [3.63, 3.8) is 0 Å². The van der Waals surface area contributed by atoms with Crippen molar-refractivity contribution in [3.8, 4) is 0 Å². The van der Waals surface area contributed by atoms with E-state index in [1.54, 1.807) is 6.08 Å². The predicted molar refractivity (Wildman–Crippen MR) is 39.9 cm³/mol. The van der Waals surface area contributed by atoms with E-state index in [9.17, 15) is 4.39 Å². The molecule has 0 spiro atoms. The second-order valence-electron chi connectivity index (χ2n) is 2.28. The zero-order chi connectivity index (χ0) is 7.84. The van der Waals surface area contributed by atoms with Gasteiger partial charge in [-0.1, -0.05) is 0 Å². The zero-order valence-corrected chi connectivity index (χ0v) is 6.22. The summed E-state index contributed by atoms with van der Waals surface area (Å²) in [5, 5.41) is 6.68. The third-order valence-corrected chi connectivity index (χ3v) is 1.85. The molecular weight excluding hydrogens is 167 g/mol. The van der Waals surface area contributed by atoms with Crippen LogP contribution in [0.15, 0.2) is 45.7 Å². The van der Waals surface area contributed by atoms with Crippen LogP contribution < -0.4 is 0 Å². The van der Waals surface area contributed by atoms with Crippen LogP contribution in [0.2, 0.25) is 0 Å². The third kappa shape index (κ3) is 1.01. The van der Waals surface area contributed by atoms with Crippen LogP contribution in [0.25, 0.3) is 0 Å². The van der Waals surface area contributed by atoms with Gasteiger partial charge >= 0.3 is 0 Å². The summed E-state index contributed by atoms with van der Waals surface area (Å²) in [6.45, 7) is 0. The molecule has 11 heavy (non-hydrogen) atoms. The number of hydrogen-bond donors (Lipinski definition) is 0. The first-order valence-corrected chi connectivity index (χ1v) is 3.55. The van der Waals surface area contributed by atoms with E-state index in [-0.39, 0.29) is 5.83 Å². The second-order valence-corrected chi connectivity index (χ2v) is 2.75. The number of alkyl halides is 1. The summed E-state index contributed by atoms with van der Waals surface area (Å²) in [5.41, 5.74) is 1.35. The lowest BCUT2D eigenvalue weighted by molar-refractivity contribution is 0.616. The molecule has 0 radical (unpaired) electrons. The van der Waals surface area contributed by atoms with Crippen LogP contribution in [-0.4, -0.2) is 5.38 Å². The number of allylic oxidation sites excluding steroid dienone is 3. The van der Waals surface area contributed by atoms with Crippen LogP contribution >= 0.6 is 11.6 Å². The molecule has 0 aromatic rings. The Labute approximate surface area is 67.8 Å². The summed E-state index contributed by atoms with van der Waals surface area (Å²) >= 11 is 5.59. The third-order valence-electron chi connectivity index (χ3n) is 1.52. The fraction of sp³-hybridized carbons (Fsp3) is 0.143. The van der Waals surface area contributed by atoms with E-state index in [2.05, 4.69) is 10.2 Å². The van der Waals surface area contributed by atoms with Gasteiger partial charge < -0.3 is 0 Å². The van der Waals surface area contributed by atoms with Crippen LogP contribution in [0.5, 0.6) is 0 Å². The van der Waals surface area contributed by atoms with Gasteiger partial charge in [-0.2, -0.15) is 10.2 Å². The standard InChI is InChI=1S/C7H4ClFN2/c8-5-2-7-4(1-6(5)9)3-10-11-7/h1-3,5H/t5-/m1/s1. The van der Waals surface area contributed by atoms with Crippen molar-refractivity contribution in [1.82, 2.24) is 0 Å². The van der Waals surface area contributed by atoms with Crippen molar-refractivity contribution in [2.45, 2.75) is 5.38 Å². The minimum atomic E-state index is -0.681. The molecule has 1 aliphatic heterocycles. The van der Waals surface area contributed by atoms with Gasteiger partial charge in [0.25, 0.3) is 0 Å². The van der Waals surface area contributed by atoms with Crippen molar-refractivity contribution in [1.29, 1.82) is 0 Å². The molecule has 1 aliphatic carbocycles. The van der Waals surface area contributed by atoms with E-state index in [4.69, 9.17) is 11.6 Å². The van der Waals surface area contributed by atoms with E-state index in [1.807, 2.05) is 0 Å². The fourth-order valence-electron chi connectivity index (χ4n) is 0.964. The Balaban J connectivity index is 2.43. The van der Waals surface area contributed by atoms with Crippen LogP contribution in [-0.2, 0) is 0 Å². The summed E-state index contributed by atoms with van der Waals surface area (Å²) in [4.78, 5) is 0. The highest BCUT2D eigenvalue weighted by Gasteiger charge is 2.19. The second kappa shape index (κ2) is 2.27. The van der Waals surface area contributed by atoms with Crippen LogP contribution in [0, 0.1) is 0 Å². The lowest BCUT2D eigenvalue weighted by atomic mass is 10.1. The molecule has 1 heterocycles. The highest BCUT2D eigenvalue weighted by molar-refractivity contribution is 6.23. The maximum Gasteiger partial charge on any atom is 0.122 e. The number of halogens is 2. The molecule has 0 fully saturated rings. The molecule has 0 aromatic heterocycles. The van der Waals surface area contributed by atoms with Crippen molar-refractivity contribution in [3.05, 3.63) is 35.4 Å². The lowest BCUT2D eigenvalue weighted by Crippen LogP contribution is -2.01. The zero-order valence-electron chi connectivity index (χ0n) is 5.46. The maximum absolute atomic E-state index is 12.8. The average Bonchev–Trinajstić information content (AvgIpc) is 2.36. The molecule has 2 aliphatic rings. The molecule has 56 valence electrons. The van der Waals surface area contributed by atoms with Crippen LogP contribution in [0.4, 0.5) is 4.39 Å². The van der Waals surface area contributed by atoms with Crippen LogP contribution in [0.1, 0.15) is 0 Å². The Morgan fingerprint density at radius 3 is 3.18 bits per heavy atom. The minimum absolute atomic E-state index is 0.353. The molecule has 0 aromatic carbocycles. The smallest absolute Gasteiger partial charge is 0.122 e. The van der Waals surface area contributed by atoms with Gasteiger partial charge in [-0.15, -0.1) is 11.6 Å². The molecule has 0 unspecified atom stereocenters. The largest absolute Gasteiger partial charge is 0.210 e. The first kappa shape index (κ1) is 6.73. The highest BCUT2D eigenvalue weighted by Crippen LogP contribution is 2.30.